The normalized spacial score (nSPS) is 26.3. The van der Waals surface area contributed by atoms with Gasteiger partial charge in [0, 0.05) is 31.9 Å². The highest BCUT2D eigenvalue weighted by Crippen LogP contribution is 2.50. The van der Waals surface area contributed by atoms with Gasteiger partial charge in [-0.05, 0) is 43.7 Å². The lowest BCUT2D eigenvalue weighted by molar-refractivity contribution is -0.153. The fourth-order valence-corrected chi connectivity index (χ4v) is 4.88. The molecule has 0 aliphatic carbocycles. The summed E-state index contributed by atoms with van der Waals surface area (Å²) in [7, 11) is 5.42. The molecule has 4 atom stereocenters. The molecule has 33 heavy (non-hydrogen) atoms. The van der Waals surface area contributed by atoms with Gasteiger partial charge >= 0.3 is 5.97 Å². The number of benzene rings is 2. The molecule has 2 amide bonds. The van der Waals surface area contributed by atoms with Crippen molar-refractivity contribution in [2.75, 3.05) is 37.6 Å². The Labute approximate surface area is 193 Å². The molecule has 2 aliphatic rings. The van der Waals surface area contributed by atoms with Gasteiger partial charge in [-0.15, -0.1) is 0 Å². The predicted molar refractivity (Wildman–Crippen MR) is 124 cm³/mol. The van der Waals surface area contributed by atoms with E-state index in [9.17, 15) is 14.4 Å². The van der Waals surface area contributed by atoms with Crippen LogP contribution in [-0.2, 0) is 19.1 Å². The Morgan fingerprint density at radius 2 is 1.82 bits per heavy atom. The van der Waals surface area contributed by atoms with E-state index in [0.717, 1.165) is 11.3 Å². The van der Waals surface area contributed by atoms with Crippen LogP contribution in [0.3, 0.4) is 0 Å². The highest BCUT2D eigenvalue weighted by atomic mass is 16.5. The van der Waals surface area contributed by atoms with Gasteiger partial charge in [-0.1, -0.05) is 18.2 Å². The third kappa shape index (κ3) is 3.64. The van der Waals surface area contributed by atoms with Crippen LogP contribution in [0.2, 0.25) is 0 Å². The first kappa shape index (κ1) is 22.8. The highest BCUT2D eigenvalue weighted by molar-refractivity contribution is 6.24. The van der Waals surface area contributed by atoms with Crippen molar-refractivity contribution in [3.05, 3.63) is 54.1 Å². The number of carbonyl (C=O) groups is 3. The van der Waals surface area contributed by atoms with Crippen LogP contribution >= 0.6 is 0 Å². The topological polar surface area (TPSA) is 88.2 Å². The lowest BCUT2D eigenvalue weighted by atomic mass is 9.80. The summed E-state index contributed by atoms with van der Waals surface area (Å²) in [4.78, 5) is 43.5. The Bertz CT molecular complexity index is 1080. The SMILES string of the molecule is CCOC(=O)C1(C)NC(c2ccc(N(C)C)cc2)C2C(=O)N(c3cccc(OC)c3)C(=O)C21. The van der Waals surface area contributed by atoms with E-state index >= 15 is 0 Å². The van der Waals surface area contributed by atoms with Gasteiger partial charge in [0.05, 0.1) is 31.2 Å². The summed E-state index contributed by atoms with van der Waals surface area (Å²) in [5, 5.41) is 3.29. The van der Waals surface area contributed by atoms with Crippen LogP contribution in [0.25, 0.3) is 0 Å². The van der Waals surface area contributed by atoms with E-state index in [1.165, 1.54) is 12.0 Å². The number of nitrogens with zero attached hydrogens (tertiary/aromatic N) is 2. The molecule has 0 radical (unpaired) electrons. The maximum Gasteiger partial charge on any atom is 0.326 e. The molecule has 4 rings (SSSR count). The standard InChI is InChI=1S/C25H29N3O5/c1-6-33-24(31)25(2)20-19(21(26-25)15-10-12-16(13-11-15)27(3)4)22(29)28(23(20)30)17-8-7-9-18(14-17)32-5/h7-14,19-21,26H,6H2,1-5H3. The Hall–Kier alpha value is -3.39. The van der Waals surface area contributed by atoms with Gasteiger partial charge in [-0.2, -0.15) is 0 Å². The van der Waals surface area contributed by atoms with E-state index in [1.54, 1.807) is 38.1 Å². The maximum absolute atomic E-state index is 13.7. The van der Waals surface area contributed by atoms with E-state index < -0.39 is 35.3 Å². The molecule has 2 aliphatic heterocycles. The summed E-state index contributed by atoms with van der Waals surface area (Å²) in [6.07, 6.45) is 0. The Morgan fingerprint density at radius 3 is 2.42 bits per heavy atom. The van der Waals surface area contributed by atoms with E-state index in [-0.39, 0.29) is 12.5 Å². The van der Waals surface area contributed by atoms with Crippen LogP contribution in [0.5, 0.6) is 5.75 Å². The third-order valence-electron chi connectivity index (χ3n) is 6.57. The van der Waals surface area contributed by atoms with Crippen molar-refractivity contribution >= 4 is 29.2 Å². The molecule has 0 spiro atoms. The summed E-state index contributed by atoms with van der Waals surface area (Å²) in [6, 6.07) is 14.0. The molecular weight excluding hydrogens is 422 g/mol. The second kappa shape index (κ2) is 8.51. The first-order valence-electron chi connectivity index (χ1n) is 11.0. The quantitative estimate of drug-likeness (QED) is 0.533. The minimum atomic E-state index is -1.34. The second-order valence-electron chi connectivity index (χ2n) is 8.75. The lowest BCUT2D eigenvalue weighted by Gasteiger charge is -2.29. The molecule has 0 saturated carbocycles. The zero-order valence-electron chi connectivity index (χ0n) is 19.5. The molecule has 2 saturated heterocycles. The van der Waals surface area contributed by atoms with Gasteiger partial charge in [-0.25, -0.2) is 4.90 Å². The van der Waals surface area contributed by atoms with Gasteiger partial charge < -0.3 is 14.4 Å². The summed E-state index contributed by atoms with van der Waals surface area (Å²) < 4.78 is 10.6. The molecule has 0 aromatic heterocycles. The zero-order valence-corrected chi connectivity index (χ0v) is 19.5. The van der Waals surface area contributed by atoms with Gasteiger partial charge in [0.15, 0.2) is 0 Å². The Kier molecular flexibility index (Phi) is 5.88. The van der Waals surface area contributed by atoms with Gasteiger partial charge in [0.2, 0.25) is 11.8 Å². The number of methoxy groups -OCH3 is 1. The van der Waals surface area contributed by atoms with E-state index in [1.807, 2.05) is 43.3 Å². The molecule has 2 aromatic carbocycles. The first-order valence-corrected chi connectivity index (χ1v) is 11.0. The fourth-order valence-electron chi connectivity index (χ4n) is 4.88. The number of hydrogen-bond donors (Lipinski definition) is 1. The monoisotopic (exact) mass is 451 g/mol. The molecule has 2 aromatic rings. The molecule has 174 valence electrons. The van der Waals surface area contributed by atoms with E-state index in [4.69, 9.17) is 9.47 Å². The summed E-state index contributed by atoms with van der Waals surface area (Å²) in [5.74, 6) is -2.42. The van der Waals surface area contributed by atoms with Crippen LogP contribution in [0.15, 0.2) is 48.5 Å². The van der Waals surface area contributed by atoms with Crippen molar-refractivity contribution < 1.29 is 23.9 Å². The molecule has 4 unspecified atom stereocenters. The van der Waals surface area contributed by atoms with Gasteiger partial charge in [0.25, 0.3) is 0 Å². The number of carbonyl (C=O) groups excluding carboxylic acids is 3. The number of anilines is 2. The Morgan fingerprint density at radius 1 is 1.12 bits per heavy atom. The average Bonchev–Trinajstić information content (AvgIpc) is 3.27. The molecule has 1 N–H and O–H groups in total. The Balaban J connectivity index is 1.79. The number of amides is 2. The fraction of sp³-hybridized carbons (Fsp3) is 0.400. The number of imide groups is 1. The molecule has 8 heteroatoms. The number of ether oxygens (including phenoxy) is 2. The predicted octanol–water partition coefficient (Wildman–Crippen LogP) is 2.53. The van der Waals surface area contributed by atoms with Gasteiger partial charge in [0.1, 0.15) is 11.3 Å². The van der Waals surface area contributed by atoms with Crippen molar-refractivity contribution in [1.29, 1.82) is 0 Å². The van der Waals surface area contributed by atoms with Crippen molar-refractivity contribution in [2.24, 2.45) is 11.8 Å². The number of hydrogen-bond acceptors (Lipinski definition) is 7. The number of esters is 1. The van der Waals surface area contributed by atoms with Crippen molar-refractivity contribution in [2.45, 2.75) is 25.4 Å². The summed E-state index contributed by atoms with van der Waals surface area (Å²) in [5.41, 5.74) is 0.920. The zero-order chi connectivity index (χ0) is 23.9. The van der Waals surface area contributed by atoms with Crippen molar-refractivity contribution in [3.8, 4) is 5.75 Å². The van der Waals surface area contributed by atoms with E-state index in [2.05, 4.69) is 5.32 Å². The molecule has 2 heterocycles. The lowest BCUT2D eigenvalue weighted by Crippen LogP contribution is -2.54. The molecule has 0 bridgehead atoms. The van der Waals surface area contributed by atoms with Crippen LogP contribution in [0, 0.1) is 11.8 Å². The highest BCUT2D eigenvalue weighted by Gasteiger charge is 2.67. The van der Waals surface area contributed by atoms with Crippen LogP contribution in [0.4, 0.5) is 11.4 Å². The maximum atomic E-state index is 13.7. The molecular formula is C25H29N3O5. The second-order valence-corrected chi connectivity index (χ2v) is 8.75. The number of fused-ring (bicyclic) bond motifs is 1. The van der Waals surface area contributed by atoms with Gasteiger partial charge in [-0.3, -0.25) is 19.7 Å². The van der Waals surface area contributed by atoms with Crippen LogP contribution < -0.4 is 19.9 Å². The molecule has 8 nitrogen and oxygen atoms in total. The first-order chi connectivity index (χ1) is 15.7. The van der Waals surface area contributed by atoms with Crippen LogP contribution in [0.1, 0.15) is 25.5 Å². The average molecular weight is 452 g/mol. The molecule has 2 fully saturated rings. The van der Waals surface area contributed by atoms with Crippen molar-refractivity contribution in [1.82, 2.24) is 5.32 Å². The van der Waals surface area contributed by atoms with E-state index in [0.29, 0.717) is 11.4 Å². The largest absolute Gasteiger partial charge is 0.497 e. The number of nitrogens with one attached hydrogen (secondary N) is 1. The summed E-state index contributed by atoms with van der Waals surface area (Å²) >= 11 is 0. The third-order valence-corrected chi connectivity index (χ3v) is 6.57. The number of rotatable bonds is 6. The summed E-state index contributed by atoms with van der Waals surface area (Å²) in [6.45, 7) is 3.55. The van der Waals surface area contributed by atoms with Crippen molar-refractivity contribution in [3.63, 3.8) is 0 Å². The minimum Gasteiger partial charge on any atom is -0.497 e. The minimum absolute atomic E-state index is 0.178. The van der Waals surface area contributed by atoms with Crippen LogP contribution in [-0.4, -0.2) is 51.1 Å². The smallest absolute Gasteiger partial charge is 0.326 e.